The molecular weight excluding hydrogens is 302 g/mol. The number of thioether (sulfide) groups is 1. The highest BCUT2D eigenvalue weighted by atomic mass is 35.5. The van der Waals surface area contributed by atoms with Gasteiger partial charge in [0.05, 0.1) is 5.75 Å². The van der Waals surface area contributed by atoms with Gasteiger partial charge in [0.2, 0.25) is 0 Å². The third-order valence-electron chi connectivity index (χ3n) is 2.81. The fraction of sp³-hybridized carbons (Fsp3) is 0.538. The maximum atomic E-state index is 11.2. The molecule has 19 heavy (non-hydrogen) atoms. The molecule has 0 saturated carbocycles. The van der Waals surface area contributed by atoms with Crippen LogP contribution in [0.15, 0.2) is 24.3 Å². The molecule has 0 aliphatic heterocycles. The van der Waals surface area contributed by atoms with Crippen molar-refractivity contribution in [2.45, 2.75) is 24.6 Å². The van der Waals surface area contributed by atoms with Crippen molar-refractivity contribution in [2.75, 3.05) is 17.8 Å². The van der Waals surface area contributed by atoms with Crippen molar-refractivity contribution in [3.8, 4) is 0 Å². The zero-order valence-corrected chi connectivity index (χ0v) is 13.6. The number of sulfone groups is 1. The highest BCUT2D eigenvalue weighted by Gasteiger charge is 2.19. The predicted molar refractivity (Wildman–Crippen MR) is 84.6 cm³/mol. The summed E-state index contributed by atoms with van der Waals surface area (Å²) in [6, 6.07) is 7.59. The van der Waals surface area contributed by atoms with Gasteiger partial charge in [-0.3, -0.25) is 0 Å². The van der Waals surface area contributed by atoms with Gasteiger partial charge in [-0.25, -0.2) is 8.42 Å². The molecule has 0 aliphatic carbocycles. The first kappa shape index (κ1) is 16.8. The van der Waals surface area contributed by atoms with Crippen LogP contribution in [0.3, 0.4) is 0 Å². The van der Waals surface area contributed by atoms with Gasteiger partial charge in [-0.2, -0.15) is 11.8 Å². The Kier molecular flexibility index (Phi) is 6.66. The molecule has 3 nitrogen and oxygen atoms in total. The van der Waals surface area contributed by atoms with Crippen molar-refractivity contribution in [3.05, 3.63) is 34.9 Å². The Morgan fingerprint density at radius 2 is 1.89 bits per heavy atom. The second-order valence-corrected chi connectivity index (χ2v) is 8.49. The molecular formula is C13H20ClNO2S2. The van der Waals surface area contributed by atoms with Crippen LogP contribution in [0.1, 0.15) is 24.2 Å². The molecule has 1 aromatic rings. The van der Waals surface area contributed by atoms with Gasteiger partial charge >= 0.3 is 0 Å². The van der Waals surface area contributed by atoms with Crippen molar-refractivity contribution in [3.63, 3.8) is 0 Å². The van der Waals surface area contributed by atoms with Crippen molar-refractivity contribution >= 4 is 33.2 Å². The second kappa shape index (κ2) is 7.53. The first-order chi connectivity index (χ1) is 8.83. The van der Waals surface area contributed by atoms with E-state index in [0.717, 1.165) is 12.0 Å². The summed E-state index contributed by atoms with van der Waals surface area (Å²) >= 11 is 7.47. The van der Waals surface area contributed by atoms with Gasteiger partial charge in [0, 0.05) is 28.3 Å². The van der Waals surface area contributed by atoms with Gasteiger partial charge in [-0.1, -0.05) is 30.7 Å². The summed E-state index contributed by atoms with van der Waals surface area (Å²) in [7, 11) is -2.92. The van der Waals surface area contributed by atoms with Gasteiger partial charge in [-0.05, 0) is 24.1 Å². The van der Waals surface area contributed by atoms with Crippen LogP contribution in [0.25, 0.3) is 0 Å². The normalized spacial score (nSPS) is 15.2. The van der Waals surface area contributed by atoms with Crippen LogP contribution in [0.5, 0.6) is 0 Å². The fourth-order valence-electron chi connectivity index (χ4n) is 1.66. The number of hydrogen-bond acceptors (Lipinski definition) is 4. The lowest BCUT2D eigenvalue weighted by Crippen LogP contribution is -2.26. The molecule has 1 aromatic carbocycles. The Balaban J connectivity index is 2.75. The molecule has 0 heterocycles. The van der Waals surface area contributed by atoms with Crippen molar-refractivity contribution in [1.29, 1.82) is 0 Å². The van der Waals surface area contributed by atoms with Crippen molar-refractivity contribution in [1.82, 2.24) is 0 Å². The Morgan fingerprint density at radius 3 is 2.37 bits per heavy atom. The number of rotatable bonds is 7. The van der Waals surface area contributed by atoms with Crippen LogP contribution >= 0.6 is 23.4 Å². The molecule has 0 aromatic heterocycles. The summed E-state index contributed by atoms with van der Waals surface area (Å²) < 4.78 is 22.3. The fourth-order valence-corrected chi connectivity index (χ4v) is 4.43. The lowest BCUT2D eigenvalue weighted by molar-refractivity contribution is 0.603. The lowest BCUT2D eigenvalue weighted by atomic mass is 10.0. The topological polar surface area (TPSA) is 60.2 Å². The molecule has 108 valence electrons. The minimum Gasteiger partial charge on any atom is -0.326 e. The van der Waals surface area contributed by atoms with E-state index in [4.69, 9.17) is 17.3 Å². The lowest BCUT2D eigenvalue weighted by Gasteiger charge is -2.23. The van der Waals surface area contributed by atoms with E-state index in [-0.39, 0.29) is 17.0 Å². The molecule has 2 atom stereocenters. The average Bonchev–Trinajstić information content (AvgIpc) is 2.34. The van der Waals surface area contributed by atoms with E-state index >= 15 is 0 Å². The zero-order valence-electron chi connectivity index (χ0n) is 11.2. The third-order valence-corrected chi connectivity index (χ3v) is 5.69. The third kappa shape index (κ3) is 6.17. The first-order valence-electron chi connectivity index (χ1n) is 6.14. The molecule has 6 heteroatoms. The number of hydrogen-bond donors (Lipinski definition) is 1. The van der Waals surface area contributed by atoms with E-state index < -0.39 is 9.84 Å². The minimum atomic E-state index is -2.92. The van der Waals surface area contributed by atoms with Crippen LogP contribution in [-0.4, -0.2) is 32.2 Å². The number of halogens is 1. The zero-order chi connectivity index (χ0) is 14.5. The van der Waals surface area contributed by atoms with Gasteiger partial charge in [0.1, 0.15) is 9.84 Å². The van der Waals surface area contributed by atoms with E-state index in [1.165, 1.54) is 6.26 Å². The smallest absolute Gasteiger partial charge is 0.148 e. The van der Waals surface area contributed by atoms with Crippen molar-refractivity contribution < 1.29 is 8.42 Å². The molecule has 0 fully saturated rings. The molecule has 0 bridgehead atoms. The monoisotopic (exact) mass is 321 g/mol. The summed E-state index contributed by atoms with van der Waals surface area (Å²) in [4.78, 5) is 0. The van der Waals surface area contributed by atoms with Gasteiger partial charge in [0.25, 0.3) is 0 Å². The summed E-state index contributed by atoms with van der Waals surface area (Å²) in [5.74, 6) is 0.734. The molecule has 1 rings (SSSR count). The Labute approximate surface area is 124 Å². The average molecular weight is 322 g/mol. The largest absolute Gasteiger partial charge is 0.326 e. The number of benzene rings is 1. The maximum Gasteiger partial charge on any atom is 0.148 e. The van der Waals surface area contributed by atoms with Crippen LogP contribution in [0.2, 0.25) is 5.02 Å². The van der Waals surface area contributed by atoms with E-state index in [1.54, 1.807) is 11.8 Å². The Hall–Kier alpha value is -0.230. The Bertz CT molecular complexity index is 488. The van der Waals surface area contributed by atoms with Gasteiger partial charge in [-0.15, -0.1) is 0 Å². The highest BCUT2D eigenvalue weighted by molar-refractivity contribution is 8.00. The number of nitrogens with two attached hydrogens (primary N) is 1. The molecule has 0 spiro atoms. The van der Waals surface area contributed by atoms with Crippen molar-refractivity contribution in [2.24, 2.45) is 5.73 Å². The van der Waals surface area contributed by atoms with Crippen LogP contribution in [0, 0.1) is 0 Å². The summed E-state index contributed by atoms with van der Waals surface area (Å²) in [6.45, 7) is 2.03. The summed E-state index contributed by atoms with van der Waals surface area (Å²) in [6.07, 6.45) is 2.10. The van der Waals surface area contributed by atoms with E-state index in [2.05, 4.69) is 0 Å². The van der Waals surface area contributed by atoms with E-state index in [0.29, 0.717) is 10.8 Å². The molecule has 2 N–H and O–H groups in total. The molecule has 0 saturated heterocycles. The second-order valence-electron chi connectivity index (χ2n) is 4.54. The maximum absolute atomic E-state index is 11.2. The molecule has 0 amide bonds. The quantitative estimate of drug-likeness (QED) is 0.839. The minimum absolute atomic E-state index is 0.00531. The Morgan fingerprint density at radius 1 is 1.32 bits per heavy atom. The first-order valence-corrected chi connectivity index (χ1v) is 9.62. The predicted octanol–water partition coefficient (Wildman–Crippen LogP) is 2.90. The van der Waals surface area contributed by atoms with E-state index in [9.17, 15) is 8.42 Å². The van der Waals surface area contributed by atoms with E-state index in [1.807, 2.05) is 31.2 Å². The van der Waals surface area contributed by atoms with Crippen LogP contribution < -0.4 is 5.73 Å². The van der Waals surface area contributed by atoms with Crippen LogP contribution in [0.4, 0.5) is 0 Å². The highest BCUT2D eigenvalue weighted by Crippen LogP contribution is 2.33. The standard InChI is InChI=1S/C13H20ClNO2S2/c1-3-12(15)13(18-8-9-19(2,16)17)10-4-6-11(14)7-5-10/h4-7,12-13H,3,8-9,15H2,1-2H3. The SMILES string of the molecule is CCC(N)C(SCCS(C)(=O)=O)c1ccc(Cl)cc1. The van der Waals surface area contributed by atoms with Gasteiger partial charge < -0.3 is 5.73 Å². The summed E-state index contributed by atoms with van der Waals surface area (Å²) in [5.41, 5.74) is 7.23. The molecule has 2 unspecified atom stereocenters. The molecule has 0 radical (unpaired) electrons. The summed E-state index contributed by atoms with van der Waals surface area (Å²) in [5, 5.41) is 0.790. The van der Waals surface area contributed by atoms with Gasteiger partial charge in [0.15, 0.2) is 0 Å². The van der Waals surface area contributed by atoms with Crippen LogP contribution in [-0.2, 0) is 9.84 Å². The molecule has 0 aliphatic rings.